The first-order chi connectivity index (χ1) is 9.36. The normalized spacial score (nSPS) is 12.4. The van der Waals surface area contributed by atoms with E-state index in [1.807, 2.05) is 13.8 Å². The largest absolute Gasteiger partial charge is 0.480 e. The number of hydrogen-bond donors (Lipinski definition) is 1. The average molecular weight is 300 g/mol. The number of carboxylic acids is 1. The van der Waals surface area contributed by atoms with Crippen LogP contribution in [0.1, 0.15) is 48.5 Å². The lowest BCUT2D eigenvalue weighted by molar-refractivity contribution is -0.138. The van der Waals surface area contributed by atoms with Gasteiger partial charge in [0.05, 0.1) is 6.20 Å². The molecule has 1 heterocycles. The number of aliphatic carboxylic acids is 1. The van der Waals surface area contributed by atoms with Gasteiger partial charge in [0.25, 0.3) is 5.91 Å². The molecule has 0 aromatic carbocycles. The summed E-state index contributed by atoms with van der Waals surface area (Å²) in [7, 11) is 0. The zero-order chi connectivity index (χ0) is 15.3. The lowest BCUT2D eigenvalue weighted by atomic mass is 10.3. The fourth-order valence-corrected chi connectivity index (χ4v) is 2.55. The summed E-state index contributed by atoms with van der Waals surface area (Å²) in [5.74, 6) is -1.34. The topological polar surface area (TPSA) is 79.7 Å². The van der Waals surface area contributed by atoms with Gasteiger partial charge in [-0.25, -0.2) is 4.98 Å². The highest BCUT2D eigenvalue weighted by Crippen LogP contribution is 2.24. The lowest BCUT2D eigenvalue weighted by Gasteiger charge is -2.23. The molecule has 0 saturated heterocycles. The van der Waals surface area contributed by atoms with Crippen LogP contribution in [0.2, 0.25) is 0 Å². The number of carbonyl (C=O) groups excluding carboxylic acids is 1. The smallest absolute Gasteiger partial charge is 0.323 e. The van der Waals surface area contributed by atoms with Crippen LogP contribution in [0.4, 0.5) is 0 Å². The number of thiazole rings is 1. The molecule has 6 nitrogen and oxygen atoms in total. The Morgan fingerprint density at radius 1 is 1.45 bits per heavy atom. The van der Waals surface area contributed by atoms with Crippen molar-refractivity contribution in [3.05, 3.63) is 16.1 Å². The minimum absolute atomic E-state index is 0.168. The van der Waals surface area contributed by atoms with Crippen molar-refractivity contribution in [3.8, 4) is 0 Å². The van der Waals surface area contributed by atoms with Crippen LogP contribution >= 0.6 is 11.3 Å². The van der Waals surface area contributed by atoms with E-state index in [2.05, 4.69) is 4.98 Å². The summed E-state index contributed by atoms with van der Waals surface area (Å²) in [5.41, 5.74) is 0. The summed E-state index contributed by atoms with van der Waals surface area (Å²) in [5, 5.41) is 9.58. The first kappa shape index (κ1) is 16.6. The lowest BCUT2D eigenvalue weighted by Crippen LogP contribution is -2.40. The molecular formula is C13H20N2O4S. The molecule has 0 spiro atoms. The van der Waals surface area contributed by atoms with E-state index >= 15 is 0 Å². The van der Waals surface area contributed by atoms with E-state index in [0.29, 0.717) is 16.5 Å². The maximum Gasteiger partial charge on any atom is 0.323 e. The molecule has 112 valence electrons. The molecule has 0 saturated carbocycles. The molecule has 0 aliphatic heterocycles. The molecule has 1 atom stereocenters. The summed E-state index contributed by atoms with van der Waals surface area (Å²) in [6.07, 6.45) is 1.31. The zero-order valence-corrected chi connectivity index (χ0v) is 12.9. The number of ether oxygens (including phenoxy) is 1. The minimum Gasteiger partial charge on any atom is -0.480 e. The highest BCUT2D eigenvalue weighted by atomic mass is 32.1. The summed E-state index contributed by atoms with van der Waals surface area (Å²) >= 11 is 1.24. The van der Waals surface area contributed by atoms with E-state index in [1.165, 1.54) is 22.4 Å². The van der Waals surface area contributed by atoms with Gasteiger partial charge in [0.1, 0.15) is 22.5 Å². The van der Waals surface area contributed by atoms with Crippen molar-refractivity contribution in [2.45, 2.75) is 39.8 Å². The third-order valence-electron chi connectivity index (χ3n) is 2.69. The number of rotatable bonds is 7. The predicted octanol–water partition coefficient (Wildman–Crippen LogP) is 2.18. The van der Waals surface area contributed by atoms with Crippen LogP contribution in [0.3, 0.4) is 0 Å². The number of carboxylic acid groups (broad SMARTS) is 1. The molecule has 0 aliphatic carbocycles. The van der Waals surface area contributed by atoms with Crippen molar-refractivity contribution in [3.63, 3.8) is 0 Å². The van der Waals surface area contributed by atoms with Gasteiger partial charge in [-0.1, -0.05) is 0 Å². The fraction of sp³-hybridized carbons (Fsp3) is 0.615. The molecule has 1 aromatic heterocycles. The van der Waals surface area contributed by atoms with E-state index in [-0.39, 0.29) is 24.6 Å². The van der Waals surface area contributed by atoms with E-state index in [4.69, 9.17) is 9.84 Å². The highest BCUT2D eigenvalue weighted by Gasteiger charge is 2.24. The van der Waals surface area contributed by atoms with Crippen LogP contribution < -0.4 is 0 Å². The fourth-order valence-electron chi connectivity index (χ4n) is 1.67. The second kappa shape index (κ2) is 7.35. The second-order valence-electron chi connectivity index (χ2n) is 4.58. The van der Waals surface area contributed by atoms with E-state index < -0.39 is 5.97 Å². The van der Waals surface area contributed by atoms with E-state index in [0.717, 1.165) is 0 Å². The van der Waals surface area contributed by atoms with Gasteiger partial charge in [-0.15, -0.1) is 11.3 Å². The van der Waals surface area contributed by atoms with Crippen LogP contribution in [-0.2, 0) is 9.53 Å². The maximum absolute atomic E-state index is 12.3. The molecule has 0 fully saturated rings. The molecule has 1 amide bonds. The van der Waals surface area contributed by atoms with Gasteiger partial charge in [-0.3, -0.25) is 9.59 Å². The average Bonchev–Trinajstić information content (AvgIpc) is 2.84. The summed E-state index contributed by atoms with van der Waals surface area (Å²) in [4.78, 5) is 29.0. The molecule has 0 bridgehead atoms. The number of aromatic nitrogens is 1. The standard InChI is InChI=1S/C13H20N2O4S/c1-5-19-9(4)12-14-6-10(20-12)13(18)15(8(2)3)7-11(16)17/h6,8-9H,5,7H2,1-4H3,(H,16,17). The van der Waals surface area contributed by atoms with Crippen molar-refractivity contribution in [2.75, 3.05) is 13.2 Å². The predicted molar refractivity (Wildman–Crippen MR) is 76.0 cm³/mol. The highest BCUT2D eigenvalue weighted by molar-refractivity contribution is 7.13. The van der Waals surface area contributed by atoms with E-state index in [9.17, 15) is 9.59 Å². The Hall–Kier alpha value is -1.47. The quantitative estimate of drug-likeness (QED) is 0.835. The molecule has 1 rings (SSSR count). The SMILES string of the molecule is CCOC(C)c1ncc(C(=O)N(CC(=O)O)C(C)C)s1. The summed E-state index contributed by atoms with van der Waals surface area (Å²) < 4.78 is 5.42. The van der Waals surface area contributed by atoms with Crippen LogP contribution in [0.25, 0.3) is 0 Å². The van der Waals surface area contributed by atoms with Gasteiger partial charge >= 0.3 is 5.97 Å². The third kappa shape index (κ3) is 4.28. The molecule has 20 heavy (non-hydrogen) atoms. The summed E-state index contributed by atoms with van der Waals surface area (Å²) in [6.45, 7) is 7.58. The van der Waals surface area contributed by atoms with Crippen molar-refractivity contribution in [1.29, 1.82) is 0 Å². The molecule has 7 heteroatoms. The van der Waals surface area contributed by atoms with Gasteiger partial charge in [0.15, 0.2) is 0 Å². The molecule has 1 unspecified atom stereocenters. The van der Waals surface area contributed by atoms with Crippen LogP contribution in [0, 0.1) is 0 Å². The van der Waals surface area contributed by atoms with Gasteiger partial charge in [0, 0.05) is 12.6 Å². The zero-order valence-electron chi connectivity index (χ0n) is 12.1. The van der Waals surface area contributed by atoms with Gasteiger partial charge in [0.2, 0.25) is 0 Å². The van der Waals surface area contributed by atoms with E-state index in [1.54, 1.807) is 13.8 Å². The van der Waals surface area contributed by atoms with Crippen LogP contribution in [0.15, 0.2) is 6.20 Å². The Bertz CT molecular complexity index is 473. The molecule has 0 radical (unpaired) electrons. The first-order valence-electron chi connectivity index (χ1n) is 6.46. The van der Waals surface area contributed by atoms with Gasteiger partial charge < -0.3 is 14.7 Å². The Balaban J connectivity index is 2.87. The first-order valence-corrected chi connectivity index (χ1v) is 7.28. The molecule has 1 aromatic rings. The second-order valence-corrected chi connectivity index (χ2v) is 5.64. The Morgan fingerprint density at radius 2 is 2.10 bits per heavy atom. The van der Waals surface area contributed by atoms with Crippen molar-refractivity contribution in [2.24, 2.45) is 0 Å². The molecule has 0 aliphatic rings. The number of carbonyl (C=O) groups is 2. The van der Waals surface area contributed by atoms with Crippen molar-refractivity contribution >= 4 is 23.2 Å². The Labute approximate surface area is 122 Å². The van der Waals surface area contributed by atoms with Crippen molar-refractivity contribution < 1.29 is 19.4 Å². The number of hydrogen-bond acceptors (Lipinski definition) is 5. The van der Waals surface area contributed by atoms with Crippen LogP contribution in [-0.4, -0.2) is 46.1 Å². The third-order valence-corrected chi connectivity index (χ3v) is 3.84. The minimum atomic E-state index is -1.03. The van der Waals surface area contributed by atoms with Crippen LogP contribution in [0.5, 0.6) is 0 Å². The molecule has 1 N–H and O–H groups in total. The van der Waals surface area contributed by atoms with Crippen molar-refractivity contribution in [1.82, 2.24) is 9.88 Å². The number of amides is 1. The maximum atomic E-state index is 12.3. The van der Waals surface area contributed by atoms with Gasteiger partial charge in [-0.05, 0) is 27.7 Å². The number of nitrogens with zero attached hydrogens (tertiary/aromatic N) is 2. The molecular weight excluding hydrogens is 280 g/mol. The Morgan fingerprint density at radius 3 is 2.60 bits per heavy atom. The summed E-state index contributed by atoms with van der Waals surface area (Å²) in [6, 6.07) is -0.187. The Kier molecular flexibility index (Phi) is 6.09. The monoisotopic (exact) mass is 300 g/mol. The van der Waals surface area contributed by atoms with Gasteiger partial charge in [-0.2, -0.15) is 0 Å².